The Labute approximate surface area is 152 Å². The number of para-hydroxylation sites is 1. The first kappa shape index (κ1) is 17.8. The highest BCUT2D eigenvalue weighted by Crippen LogP contribution is 2.17. The standard InChI is InChI=1S/C20H23N3O3/c1-15(24)23(14-17-5-4-12-26-17)11-9-20(25)21-10-8-16-13-22-19-7-3-2-6-18(16)19/h2-7,12-13,22H,8-11,14H2,1H3,(H,21,25). The number of carbonyl (C=O) groups excluding carboxylic acids is 2. The minimum atomic E-state index is -0.0759. The van der Waals surface area contributed by atoms with Gasteiger partial charge in [-0.05, 0) is 30.2 Å². The summed E-state index contributed by atoms with van der Waals surface area (Å²) in [6.07, 6.45) is 4.59. The lowest BCUT2D eigenvalue weighted by Gasteiger charge is -2.19. The van der Waals surface area contributed by atoms with Gasteiger partial charge in [0.2, 0.25) is 11.8 Å². The van der Waals surface area contributed by atoms with Crippen LogP contribution in [0.2, 0.25) is 0 Å². The van der Waals surface area contributed by atoms with Crippen molar-refractivity contribution < 1.29 is 14.0 Å². The second-order valence-electron chi connectivity index (χ2n) is 6.23. The molecule has 0 fully saturated rings. The summed E-state index contributed by atoms with van der Waals surface area (Å²) in [7, 11) is 0. The Bertz CT molecular complexity index is 867. The molecule has 0 saturated heterocycles. The molecule has 2 aromatic heterocycles. The van der Waals surface area contributed by atoms with Crippen molar-refractivity contribution in [2.45, 2.75) is 26.3 Å². The van der Waals surface area contributed by atoms with E-state index in [0.717, 1.165) is 11.9 Å². The predicted octanol–water partition coefficient (Wildman–Crippen LogP) is 2.86. The molecule has 2 amide bonds. The maximum Gasteiger partial charge on any atom is 0.221 e. The number of H-pyrrole nitrogens is 1. The van der Waals surface area contributed by atoms with E-state index in [-0.39, 0.29) is 18.2 Å². The van der Waals surface area contributed by atoms with E-state index in [1.54, 1.807) is 17.2 Å². The average molecular weight is 353 g/mol. The second-order valence-corrected chi connectivity index (χ2v) is 6.23. The molecule has 2 N–H and O–H groups in total. The Morgan fingerprint density at radius 3 is 2.81 bits per heavy atom. The van der Waals surface area contributed by atoms with Crippen molar-refractivity contribution in [3.05, 3.63) is 60.2 Å². The zero-order valence-electron chi connectivity index (χ0n) is 14.8. The molecule has 0 atom stereocenters. The topological polar surface area (TPSA) is 78.3 Å². The van der Waals surface area contributed by atoms with Gasteiger partial charge in [-0.3, -0.25) is 9.59 Å². The first-order valence-electron chi connectivity index (χ1n) is 8.73. The fourth-order valence-corrected chi connectivity index (χ4v) is 2.94. The fourth-order valence-electron chi connectivity index (χ4n) is 2.94. The van der Waals surface area contributed by atoms with Crippen LogP contribution in [-0.2, 0) is 22.6 Å². The van der Waals surface area contributed by atoms with E-state index in [0.29, 0.717) is 25.4 Å². The van der Waals surface area contributed by atoms with E-state index in [9.17, 15) is 9.59 Å². The number of rotatable bonds is 8. The molecule has 0 aliphatic carbocycles. The first-order chi connectivity index (χ1) is 12.6. The summed E-state index contributed by atoms with van der Waals surface area (Å²) < 4.78 is 5.26. The molecule has 0 spiro atoms. The zero-order valence-corrected chi connectivity index (χ0v) is 14.8. The number of furan rings is 1. The molecule has 3 rings (SSSR count). The van der Waals surface area contributed by atoms with Gasteiger partial charge in [0.05, 0.1) is 12.8 Å². The van der Waals surface area contributed by atoms with Crippen LogP contribution in [0.3, 0.4) is 0 Å². The monoisotopic (exact) mass is 353 g/mol. The van der Waals surface area contributed by atoms with Gasteiger partial charge in [-0.25, -0.2) is 0 Å². The van der Waals surface area contributed by atoms with Crippen molar-refractivity contribution >= 4 is 22.7 Å². The Hall–Kier alpha value is -3.02. The summed E-state index contributed by atoms with van der Waals surface area (Å²) in [6.45, 7) is 2.82. The van der Waals surface area contributed by atoms with Gasteiger partial charge in [0.15, 0.2) is 0 Å². The zero-order chi connectivity index (χ0) is 18.4. The number of aromatic amines is 1. The van der Waals surface area contributed by atoms with Crippen molar-refractivity contribution in [2.24, 2.45) is 0 Å². The summed E-state index contributed by atoms with van der Waals surface area (Å²) in [6, 6.07) is 11.7. The Kier molecular flexibility index (Phi) is 5.73. The lowest BCUT2D eigenvalue weighted by Crippen LogP contribution is -2.34. The fraction of sp³-hybridized carbons (Fsp3) is 0.300. The van der Waals surface area contributed by atoms with Crippen molar-refractivity contribution in [1.82, 2.24) is 15.2 Å². The summed E-state index contributed by atoms with van der Waals surface area (Å²) in [5.74, 6) is 0.573. The molecule has 136 valence electrons. The van der Waals surface area contributed by atoms with Crippen LogP contribution < -0.4 is 5.32 Å². The number of fused-ring (bicyclic) bond motifs is 1. The third-order valence-corrected chi connectivity index (χ3v) is 4.37. The van der Waals surface area contributed by atoms with Crippen LogP contribution >= 0.6 is 0 Å². The van der Waals surface area contributed by atoms with Gasteiger partial charge in [-0.2, -0.15) is 0 Å². The smallest absolute Gasteiger partial charge is 0.221 e. The molecule has 0 unspecified atom stereocenters. The molecule has 0 aliphatic rings. The number of amides is 2. The number of carbonyl (C=O) groups is 2. The minimum absolute atomic E-state index is 0.0597. The lowest BCUT2D eigenvalue weighted by molar-refractivity contribution is -0.130. The van der Waals surface area contributed by atoms with Gasteiger partial charge >= 0.3 is 0 Å². The van der Waals surface area contributed by atoms with Crippen LogP contribution in [0.1, 0.15) is 24.7 Å². The molecular weight excluding hydrogens is 330 g/mol. The van der Waals surface area contributed by atoms with Gasteiger partial charge in [0, 0.05) is 43.5 Å². The van der Waals surface area contributed by atoms with Gasteiger partial charge in [-0.15, -0.1) is 0 Å². The van der Waals surface area contributed by atoms with Crippen LogP contribution in [0, 0.1) is 0 Å². The van der Waals surface area contributed by atoms with E-state index >= 15 is 0 Å². The minimum Gasteiger partial charge on any atom is -0.467 e. The normalized spacial score (nSPS) is 10.8. The number of hydrogen-bond donors (Lipinski definition) is 2. The van der Waals surface area contributed by atoms with Gasteiger partial charge < -0.3 is 19.6 Å². The van der Waals surface area contributed by atoms with Crippen LogP contribution in [0.4, 0.5) is 0 Å². The summed E-state index contributed by atoms with van der Waals surface area (Å²) >= 11 is 0. The summed E-state index contributed by atoms with van der Waals surface area (Å²) in [5.41, 5.74) is 2.29. The summed E-state index contributed by atoms with van der Waals surface area (Å²) in [4.78, 5) is 28.7. The molecule has 6 heteroatoms. The lowest BCUT2D eigenvalue weighted by atomic mass is 10.1. The highest BCUT2D eigenvalue weighted by molar-refractivity contribution is 5.83. The number of benzene rings is 1. The third kappa shape index (κ3) is 4.53. The highest BCUT2D eigenvalue weighted by atomic mass is 16.3. The molecule has 0 bridgehead atoms. The van der Waals surface area contributed by atoms with Crippen LogP contribution in [0.5, 0.6) is 0 Å². The van der Waals surface area contributed by atoms with Crippen molar-refractivity contribution in [3.8, 4) is 0 Å². The molecule has 1 aromatic carbocycles. The summed E-state index contributed by atoms with van der Waals surface area (Å²) in [5, 5.41) is 4.11. The average Bonchev–Trinajstić information content (AvgIpc) is 3.28. The molecular formula is C20H23N3O3. The van der Waals surface area contributed by atoms with Crippen LogP contribution in [0.25, 0.3) is 10.9 Å². The maximum atomic E-state index is 12.1. The number of nitrogens with zero attached hydrogens (tertiary/aromatic N) is 1. The Morgan fingerprint density at radius 2 is 2.04 bits per heavy atom. The van der Waals surface area contributed by atoms with Crippen LogP contribution in [0.15, 0.2) is 53.3 Å². The number of nitrogens with one attached hydrogen (secondary N) is 2. The first-order valence-corrected chi connectivity index (χ1v) is 8.73. The van der Waals surface area contributed by atoms with Crippen molar-refractivity contribution in [2.75, 3.05) is 13.1 Å². The van der Waals surface area contributed by atoms with E-state index < -0.39 is 0 Å². The molecule has 3 aromatic rings. The highest BCUT2D eigenvalue weighted by Gasteiger charge is 2.13. The molecule has 0 radical (unpaired) electrons. The predicted molar refractivity (Wildman–Crippen MR) is 99.4 cm³/mol. The number of hydrogen-bond acceptors (Lipinski definition) is 3. The van der Waals surface area contributed by atoms with E-state index in [1.165, 1.54) is 17.9 Å². The van der Waals surface area contributed by atoms with E-state index in [2.05, 4.69) is 16.4 Å². The van der Waals surface area contributed by atoms with Crippen molar-refractivity contribution in [3.63, 3.8) is 0 Å². The van der Waals surface area contributed by atoms with Gasteiger partial charge in [0.1, 0.15) is 5.76 Å². The Morgan fingerprint density at radius 1 is 1.19 bits per heavy atom. The largest absolute Gasteiger partial charge is 0.467 e. The molecule has 6 nitrogen and oxygen atoms in total. The van der Waals surface area contributed by atoms with Crippen molar-refractivity contribution in [1.29, 1.82) is 0 Å². The SMILES string of the molecule is CC(=O)N(CCC(=O)NCCc1c[nH]c2ccccc12)Cc1ccco1. The Balaban J connectivity index is 1.44. The van der Waals surface area contributed by atoms with E-state index in [4.69, 9.17) is 4.42 Å². The maximum absolute atomic E-state index is 12.1. The quantitative estimate of drug-likeness (QED) is 0.654. The van der Waals surface area contributed by atoms with Gasteiger partial charge in [-0.1, -0.05) is 18.2 Å². The second kappa shape index (κ2) is 8.38. The van der Waals surface area contributed by atoms with E-state index in [1.807, 2.05) is 30.5 Å². The molecule has 26 heavy (non-hydrogen) atoms. The van der Waals surface area contributed by atoms with Gasteiger partial charge in [0.25, 0.3) is 0 Å². The molecule has 0 saturated carbocycles. The number of aromatic nitrogens is 1. The van der Waals surface area contributed by atoms with Crippen LogP contribution in [-0.4, -0.2) is 34.8 Å². The molecule has 2 heterocycles. The third-order valence-electron chi connectivity index (χ3n) is 4.37. The molecule has 0 aliphatic heterocycles.